The highest BCUT2D eigenvalue weighted by Crippen LogP contribution is 2.45. The predicted octanol–water partition coefficient (Wildman–Crippen LogP) is 3.11. The Morgan fingerprint density at radius 2 is 2.20 bits per heavy atom. The van der Waals surface area contributed by atoms with E-state index >= 15 is 0 Å². The van der Waals surface area contributed by atoms with Crippen LogP contribution in [0.2, 0.25) is 5.35 Å². The molecule has 1 aromatic carbocycles. The zero-order chi connectivity index (χ0) is 10.3. The Hall–Kier alpha value is -1.00. The maximum atomic E-state index is 5.60. The topological polar surface area (TPSA) is 38.9 Å². The van der Waals surface area contributed by atoms with Crippen molar-refractivity contribution in [1.82, 2.24) is 10.2 Å². The minimum Gasteiger partial charge on any atom is -0.411 e. The molecule has 1 atom stereocenters. The molecule has 0 saturated carbocycles. The Morgan fingerprint density at radius 3 is 2.93 bits per heavy atom. The van der Waals surface area contributed by atoms with Gasteiger partial charge in [0.1, 0.15) is 0 Å². The van der Waals surface area contributed by atoms with Crippen molar-refractivity contribution in [3.05, 3.63) is 41.1 Å². The molecule has 0 aliphatic carbocycles. The highest BCUT2D eigenvalue weighted by molar-refractivity contribution is 7.99. The van der Waals surface area contributed by atoms with E-state index in [1.165, 1.54) is 10.5 Å². The first-order valence-corrected chi connectivity index (χ1v) is 5.82. The molecule has 1 aliphatic rings. The van der Waals surface area contributed by atoms with E-state index in [0.717, 1.165) is 6.42 Å². The average Bonchev–Trinajstić information content (AvgIpc) is 2.82. The van der Waals surface area contributed by atoms with Crippen molar-refractivity contribution >= 4 is 23.4 Å². The average molecular weight is 239 g/mol. The SMILES string of the molecule is Clc1nnc(C2Cc3ccccc3S2)o1. The quantitative estimate of drug-likeness (QED) is 0.765. The number of hydrogen-bond acceptors (Lipinski definition) is 4. The van der Waals surface area contributed by atoms with Crippen LogP contribution in [0.3, 0.4) is 0 Å². The summed E-state index contributed by atoms with van der Waals surface area (Å²) in [7, 11) is 0. The lowest BCUT2D eigenvalue weighted by Crippen LogP contribution is -1.92. The van der Waals surface area contributed by atoms with E-state index in [2.05, 4.69) is 22.3 Å². The van der Waals surface area contributed by atoms with Crippen molar-refractivity contribution in [3.8, 4) is 0 Å². The molecule has 2 aromatic rings. The van der Waals surface area contributed by atoms with Crippen molar-refractivity contribution in [2.45, 2.75) is 16.6 Å². The van der Waals surface area contributed by atoms with Crippen LogP contribution in [0.4, 0.5) is 0 Å². The molecule has 0 N–H and O–H groups in total. The van der Waals surface area contributed by atoms with Gasteiger partial charge in [-0.15, -0.1) is 16.9 Å². The van der Waals surface area contributed by atoms with E-state index in [1.54, 1.807) is 11.8 Å². The van der Waals surface area contributed by atoms with Crippen molar-refractivity contribution in [2.75, 3.05) is 0 Å². The lowest BCUT2D eigenvalue weighted by molar-refractivity contribution is 0.492. The van der Waals surface area contributed by atoms with Gasteiger partial charge < -0.3 is 4.42 Å². The van der Waals surface area contributed by atoms with Gasteiger partial charge in [-0.1, -0.05) is 23.3 Å². The molecule has 0 saturated heterocycles. The molecule has 1 unspecified atom stereocenters. The van der Waals surface area contributed by atoms with Gasteiger partial charge in [-0.3, -0.25) is 0 Å². The van der Waals surface area contributed by atoms with Gasteiger partial charge in [0, 0.05) is 4.90 Å². The number of hydrogen-bond donors (Lipinski definition) is 0. The molecule has 0 amide bonds. The molecule has 0 radical (unpaired) electrons. The summed E-state index contributed by atoms with van der Waals surface area (Å²) in [6.07, 6.45) is 0.930. The summed E-state index contributed by atoms with van der Waals surface area (Å²) in [5.41, 5.74) is 1.34. The number of benzene rings is 1. The molecule has 15 heavy (non-hydrogen) atoms. The van der Waals surface area contributed by atoms with Crippen LogP contribution in [0.25, 0.3) is 0 Å². The first-order chi connectivity index (χ1) is 7.33. The zero-order valence-electron chi connectivity index (χ0n) is 7.68. The first kappa shape index (κ1) is 9.24. The van der Waals surface area contributed by atoms with E-state index in [0.29, 0.717) is 5.89 Å². The largest absolute Gasteiger partial charge is 0.411 e. The summed E-state index contributed by atoms with van der Waals surface area (Å²) < 4.78 is 5.22. The Balaban J connectivity index is 1.90. The fourth-order valence-electron chi connectivity index (χ4n) is 1.67. The van der Waals surface area contributed by atoms with Gasteiger partial charge in [0.15, 0.2) is 0 Å². The number of halogens is 1. The number of rotatable bonds is 1. The molecule has 0 fully saturated rings. The van der Waals surface area contributed by atoms with E-state index in [-0.39, 0.29) is 10.6 Å². The van der Waals surface area contributed by atoms with Crippen LogP contribution in [-0.2, 0) is 6.42 Å². The van der Waals surface area contributed by atoms with Gasteiger partial charge in [-0.25, -0.2) is 0 Å². The van der Waals surface area contributed by atoms with Crippen molar-refractivity contribution in [1.29, 1.82) is 0 Å². The molecule has 2 heterocycles. The number of nitrogens with zero attached hydrogens (tertiary/aromatic N) is 2. The van der Waals surface area contributed by atoms with Crippen LogP contribution in [0.1, 0.15) is 16.7 Å². The second-order valence-corrected chi connectivity index (χ2v) is 4.88. The highest BCUT2D eigenvalue weighted by Gasteiger charge is 2.27. The van der Waals surface area contributed by atoms with Crippen LogP contribution in [0.15, 0.2) is 33.6 Å². The normalized spacial score (nSPS) is 19.1. The lowest BCUT2D eigenvalue weighted by Gasteiger charge is -1.99. The maximum absolute atomic E-state index is 5.60. The number of thioether (sulfide) groups is 1. The summed E-state index contributed by atoms with van der Waals surface area (Å²) in [5.74, 6) is 0.612. The first-order valence-electron chi connectivity index (χ1n) is 4.56. The Kier molecular flexibility index (Phi) is 2.18. The number of fused-ring (bicyclic) bond motifs is 1. The summed E-state index contributed by atoms with van der Waals surface area (Å²) >= 11 is 7.35. The monoisotopic (exact) mass is 238 g/mol. The Labute approximate surface area is 95.8 Å². The molecule has 5 heteroatoms. The third-order valence-corrected chi connectivity index (χ3v) is 3.80. The second-order valence-electron chi connectivity index (χ2n) is 3.31. The third kappa shape index (κ3) is 1.64. The molecule has 3 rings (SSSR count). The molecule has 0 spiro atoms. The van der Waals surface area contributed by atoms with E-state index in [4.69, 9.17) is 16.0 Å². The van der Waals surface area contributed by atoms with E-state index < -0.39 is 0 Å². The Morgan fingerprint density at radius 1 is 1.33 bits per heavy atom. The second kappa shape index (κ2) is 3.54. The highest BCUT2D eigenvalue weighted by atomic mass is 35.5. The van der Waals surface area contributed by atoms with Crippen LogP contribution in [-0.4, -0.2) is 10.2 Å². The minimum atomic E-state index is 0.113. The lowest BCUT2D eigenvalue weighted by atomic mass is 10.1. The summed E-state index contributed by atoms with van der Waals surface area (Å²) in [6, 6.07) is 8.32. The fourth-order valence-corrected chi connectivity index (χ4v) is 3.01. The summed E-state index contributed by atoms with van der Waals surface area (Å²) in [4.78, 5) is 1.29. The standard InChI is InChI=1S/C10H7ClN2OS/c11-10-13-12-9(14-10)8-5-6-3-1-2-4-7(6)15-8/h1-4,8H,5H2. The van der Waals surface area contributed by atoms with Crippen molar-refractivity contribution in [2.24, 2.45) is 0 Å². The number of aromatic nitrogens is 2. The van der Waals surface area contributed by atoms with Gasteiger partial charge in [0.2, 0.25) is 5.89 Å². The Bertz CT molecular complexity index is 475. The van der Waals surface area contributed by atoms with E-state index in [9.17, 15) is 0 Å². The molecular weight excluding hydrogens is 232 g/mol. The van der Waals surface area contributed by atoms with Gasteiger partial charge in [0.25, 0.3) is 0 Å². The molecule has 3 nitrogen and oxygen atoms in total. The van der Waals surface area contributed by atoms with E-state index in [1.807, 2.05) is 12.1 Å². The van der Waals surface area contributed by atoms with Crippen LogP contribution in [0.5, 0.6) is 0 Å². The maximum Gasteiger partial charge on any atom is 0.312 e. The molecular formula is C10H7ClN2OS. The molecule has 76 valence electrons. The molecule has 1 aliphatic heterocycles. The molecule has 0 bridgehead atoms. The zero-order valence-corrected chi connectivity index (χ0v) is 9.26. The van der Waals surface area contributed by atoms with Crippen molar-refractivity contribution < 1.29 is 4.42 Å². The minimum absolute atomic E-state index is 0.113. The fraction of sp³-hybridized carbons (Fsp3) is 0.200. The van der Waals surface area contributed by atoms with Crippen molar-refractivity contribution in [3.63, 3.8) is 0 Å². The van der Waals surface area contributed by atoms with Gasteiger partial charge in [-0.2, -0.15) is 0 Å². The third-order valence-electron chi connectivity index (χ3n) is 2.34. The molecule has 1 aromatic heterocycles. The van der Waals surface area contributed by atoms with Crippen LogP contribution in [0, 0.1) is 0 Å². The smallest absolute Gasteiger partial charge is 0.312 e. The van der Waals surface area contributed by atoms with Gasteiger partial charge in [-0.05, 0) is 29.7 Å². The van der Waals surface area contributed by atoms with Gasteiger partial charge in [0.05, 0.1) is 5.25 Å². The van der Waals surface area contributed by atoms with Gasteiger partial charge >= 0.3 is 5.35 Å². The summed E-state index contributed by atoms with van der Waals surface area (Å²) in [6.45, 7) is 0. The summed E-state index contributed by atoms with van der Waals surface area (Å²) in [5, 5.41) is 7.89. The van der Waals surface area contributed by atoms with Crippen LogP contribution < -0.4 is 0 Å². The van der Waals surface area contributed by atoms with Crippen LogP contribution >= 0.6 is 23.4 Å². The predicted molar refractivity (Wildman–Crippen MR) is 58.1 cm³/mol.